The van der Waals surface area contributed by atoms with Crippen molar-refractivity contribution in [2.24, 2.45) is 11.3 Å². The molecule has 0 spiro atoms. The lowest BCUT2D eigenvalue weighted by Gasteiger charge is -2.39. The standard InChI is InChI=1S/C53H67ClN8O11S/c1-51(2,3)72-49(64)57-46-28-39(29-47(56-46)58-50(65)73-52(4,5)6)71-45-27-38(61-23-21-60(22-24-61)33-36-17-20-53(7,8)31-42(36)35-9-11-37(54)12-10-35)13-15-41(45)48(63)59-74(68,69)40-14-16-43(44(30-40)62(66)67)55-32-34-18-25-70-26-19-34/h9-16,27-30,34,55H,17-26,31-33H2,1-8H3,(H,59,63)(H2,56,57,58,64,65). The van der Waals surface area contributed by atoms with Crippen LogP contribution in [-0.2, 0) is 24.2 Å². The first-order valence-electron chi connectivity index (χ1n) is 24.7. The van der Waals surface area contributed by atoms with Crippen LogP contribution in [0.4, 0.5) is 38.3 Å². The van der Waals surface area contributed by atoms with Gasteiger partial charge in [0.15, 0.2) is 0 Å². The first kappa shape index (κ1) is 55.3. The summed E-state index contributed by atoms with van der Waals surface area (Å²) in [6, 6.07) is 18.9. The monoisotopic (exact) mass is 1060 g/mol. The van der Waals surface area contributed by atoms with Gasteiger partial charge in [0.05, 0.1) is 15.4 Å². The lowest BCUT2D eigenvalue weighted by atomic mass is 9.72. The van der Waals surface area contributed by atoms with Crippen molar-refractivity contribution < 1.29 is 46.7 Å². The molecule has 3 aliphatic rings. The van der Waals surface area contributed by atoms with Gasteiger partial charge in [0, 0.05) is 87.5 Å². The van der Waals surface area contributed by atoms with Crippen molar-refractivity contribution in [3.8, 4) is 11.5 Å². The molecule has 7 rings (SSSR count). The fourth-order valence-electron chi connectivity index (χ4n) is 8.93. The highest BCUT2D eigenvalue weighted by molar-refractivity contribution is 7.90. The summed E-state index contributed by atoms with van der Waals surface area (Å²) in [5.41, 5.74) is 2.47. The molecule has 21 heteroatoms. The van der Waals surface area contributed by atoms with Crippen molar-refractivity contribution in [1.82, 2.24) is 14.6 Å². The van der Waals surface area contributed by atoms with Crippen LogP contribution in [0.1, 0.15) is 103 Å². The highest BCUT2D eigenvalue weighted by atomic mass is 35.5. The molecular formula is C53H67ClN8O11S. The number of amides is 3. The van der Waals surface area contributed by atoms with Crippen molar-refractivity contribution >= 4 is 74.0 Å². The molecule has 3 heterocycles. The maximum absolute atomic E-state index is 14.3. The zero-order valence-electron chi connectivity index (χ0n) is 43.3. The fraction of sp³-hybridized carbons (Fsp3) is 0.472. The van der Waals surface area contributed by atoms with Crippen LogP contribution in [0, 0.1) is 21.4 Å². The number of aromatic nitrogens is 1. The van der Waals surface area contributed by atoms with Crippen LogP contribution in [0.2, 0.25) is 5.02 Å². The maximum Gasteiger partial charge on any atom is 0.413 e. The van der Waals surface area contributed by atoms with Gasteiger partial charge in [-0.15, -0.1) is 0 Å². The number of rotatable bonds is 15. The van der Waals surface area contributed by atoms with Crippen LogP contribution >= 0.6 is 11.6 Å². The number of allylic oxidation sites excluding steroid dienone is 1. The maximum atomic E-state index is 14.3. The van der Waals surface area contributed by atoms with Gasteiger partial charge in [0.2, 0.25) is 0 Å². The van der Waals surface area contributed by atoms with Crippen molar-refractivity contribution in [3.63, 3.8) is 0 Å². The minimum Gasteiger partial charge on any atom is -0.456 e. The number of hydrogen-bond donors (Lipinski definition) is 4. The molecule has 2 aliphatic heterocycles. The van der Waals surface area contributed by atoms with E-state index in [1.165, 1.54) is 47.0 Å². The largest absolute Gasteiger partial charge is 0.456 e. The van der Waals surface area contributed by atoms with E-state index in [4.69, 9.17) is 30.5 Å². The van der Waals surface area contributed by atoms with Crippen molar-refractivity contribution in [2.75, 3.05) is 73.3 Å². The fourth-order valence-corrected chi connectivity index (χ4v) is 10.0. The molecule has 19 nitrogen and oxygen atoms in total. The number of hydrogen-bond acceptors (Lipinski definition) is 15. The lowest BCUT2D eigenvalue weighted by molar-refractivity contribution is -0.384. The number of nitrogens with zero attached hydrogens (tertiary/aromatic N) is 4. The van der Waals surface area contributed by atoms with Gasteiger partial charge in [-0.1, -0.05) is 43.2 Å². The summed E-state index contributed by atoms with van der Waals surface area (Å²) in [5.74, 6) is -1.22. The van der Waals surface area contributed by atoms with E-state index in [1.807, 2.05) is 12.1 Å². The van der Waals surface area contributed by atoms with Crippen LogP contribution in [0.5, 0.6) is 11.5 Å². The van der Waals surface area contributed by atoms with Crippen molar-refractivity contribution in [2.45, 2.75) is 104 Å². The second-order valence-corrected chi connectivity index (χ2v) is 23.7. The number of sulfonamides is 1. The molecule has 1 aromatic heterocycles. The Morgan fingerprint density at radius 3 is 2.08 bits per heavy atom. The summed E-state index contributed by atoms with van der Waals surface area (Å²) in [6.45, 7) is 19.8. The number of halogens is 1. The first-order chi connectivity index (χ1) is 34.8. The summed E-state index contributed by atoms with van der Waals surface area (Å²) in [4.78, 5) is 60.2. The zero-order chi connectivity index (χ0) is 53.6. The Morgan fingerprint density at radius 1 is 0.865 bits per heavy atom. The third-order valence-corrected chi connectivity index (χ3v) is 14.2. The molecule has 4 N–H and O–H groups in total. The molecule has 0 atom stereocenters. The minimum atomic E-state index is -4.72. The third-order valence-electron chi connectivity index (χ3n) is 12.7. The summed E-state index contributed by atoms with van der Waals surface area (Å²) in [6.07, 6.45) is 2.88. The summed E-state index contributed by atoms with van der Waals surface area (Å²) in [7, 11) is -4.72. The quantitative estimate of drug-likeness (QED) is 0.0640. The SMILES string of the molecule is CC1(C)CCC(CN2CCN(c3ccc(C(=O)NS(=O)(=O)c4ccc(NCC5CCOCC5)c([N+](=O)[O-])c4)c(Oc4cc(NC(=O)OC(C)(C)C)nc(NC(=O)OC(C)(C)C)c4)c3)CC2)=C(c2ccc(Cl)cc2)C1. The highest BCUT2D eigenvalue weighted by Gasteiger charge is 2.31. The second kappa shape index (κ2) is 23.0. The van der Waals surface area contributed by atoms with Gasteiger partial charge in [-0.3, -0.25) is 30.4 Å². The summed E-state index contributed by atoms with van der Waals surface area (Å²) >= 11 is 6.27. The lowest BCUT2D eigenvalue weighted by Crippen LogP contribution is -2.47. The molecule has 0 bridgehead atoms. The van der Waals surface area contributed by atoms with Crippen molar-refractivity contribution in [1.29, 1.82) is 0 Å². The molecule has 2 fully saturated rings. The Bertz CT molecular complexity index is 2820. The van der Waals surface area contributed by atoms with Gasteiger partial charge in [0.25, 0.3) is 21.6 Å². The van der Waals surface area contributed by atoms with E-state index >= 15 is 0 Å². The van der Waals surface area contributed by atoms with E-state index in [0.717, 1.165) is 57.8 Å². The number of carbonyl (C=O) groups excluding carboxylic acids is 3. The molecular weight excluding hydrogens is 992 g/mol. The molecule has 4 aromatic rings. The van der Waals surface area contributed by atoms with Gasteiger partial charge in [-0.2, -0.15) is 0 Å². The van der Waals surface area contributed by atoms with Crippen LogP contribution in [0.25, 0.3) is 5.57 Å². The Morgan fingerprint density at radius 2 is 1.49 bits per heavy atom. The number of benzene rings is 3. The molecule has 0 radical (unpaired) electrons. The number of nitrogens with one attached hydrogen (secondary N) is 4. The second-order valence-electron chi connectivity index (χ2n) is 21.6. The van der Waals surface area contributed by atoms with Gasteiger partial charge in [-0.05, 0) is 133 Å². The molecule has 3 amide bonds. The van der Waals surface area contributed by atoms with E-state index in [9.17, 15) is 32.9 Å². The van der Waals surface area contributed by atoms with Crippen molar-refractivity contribution in [3.05, 3.63) is 105 Å². The number of nitro benzene ring substituents is 1. The number of nitro groups is 1. The van der Waals surface area contributed by atoms with Gasteiger partial charge in [0.1, 0.15) is 40.0 Å². The average Bonchev–Trinajstić information content (AvgIpc) is 3.30. The van der Waals surface area contributed by atoms with Crippen LogP contribution in [-0.4, -0.2) is 105 Å². The van der Waals surface area contributed by atoms with Crippen LogP contribution in [0.15, 0.2) is 83.3 Å². The van der Waals surface area contributed by atoms with Crippen LogP contribution < -0.4 is 30.3 Å². The number of anilines is 4. The predicted molar refractivity (Wildman–Crippen MR) is 285 cm³/mol. The molecule has 3 aromatic carbocycles. The third kappa shape index (κ3) is 15.5. The van der Waals surface area contributed by atoms with Crippen LogP contribution in [0.3, 0.4) is 0 Å². The molecule has 0 unspecified atom stereocenters. The molecule has 398 valence electrons. The molecule has 74 heavy (non-hydrogen) atoms. The number of piperazine rings is 1. The molecule has 1 aliphatic carbocycles. The Hall–Kier alpha value is -6.48. The summed E-state index contributed by atoms with van der Waals surface area (Å²) in [5, 5.41) is 21.1. The average molecular weight is 1060 g/mol. The first-order valence-corrected chi connectivity index (χ1v) is 26.6. The van der Waals surface area contributed by atoms with Gasteiger partial charge < -0.3 is 29.2 Å². The number of carbonyl (C=O) groups is 3. The van der Waals surface area contributed by atoms with E-state index < -0.39 is 54.8 Å². The summed E-state index contributed by atoms with van der Waals surface area (Å²) < 4.78 is 52.7. The number of ether oxygens (including phenoxy) is 4. The Kier molecular flexibility index (Phi) is 17.2. The van der Waals surface area contributed by atoms with E-state index in [0.29, 0.717) is 43.6 Å². The van der Waals surface area contributed by atoms with E-state index in [1.54, 1.807) is 53.7 Å². The zero-order valence-corrected chi connectivity index (χ0v) is 44.8. The smallest absolute Gasteiger partial charge is 0.413 e. The Balaban J connectivity index is 1.18. The van der Waals surface area contributed by atoms with Gasteiger partial charge >= 0.3 is 12.2 Å². The molecule has 2 saturated heterocycles. The van der Waals surface area contributed by atoms with E-state index in [-0.39, 0.29) is 45.7 Å². The van der Waals surface area contributed by atoms with E-state index in [2.05, 4.69) is 61.4 Å². The topological polar surface area (TPSA) is 233 Å². The normalized spacial score (nSPS) is 16.7. The molecule has 0 saturated carbocycles. The Labute approximate surface area is 437 Å². The number of pyridine rings is 1. The van der Waals surface area contributed by atoms with Gasteiger partial charge in [-0.25, -0.2) is 27.7 Å². The minimum absolute atomic E-state index is 0.0316. The highest BCUT2D eigenvalue weighted by Crippen LogP contribution is 2.44. The predicted octanol–water partition coefficient (Wildman–Crippen LogP) is 10.9.